The van der Waals surface area contributed by atoms with Crippen molar-refractivity contribution in [2.75, 3.05) is 13.2 Å². The molecule has 9 heteroatoms. The molecule has 2 amide bonds. The second-order valence-electron chi connectivity index (χ2n) is 8.30. The Kier molecular flexibility index (Phi) is 7.10. The molecule has 1 unspecified atom stereocenters. The molecule has 2 aromatic carbocycles. The van der Waals surface area contributed by atoms with Crippen molar-refractivity contribution >= 4 is 29.4 Å². The smallest absolute Gasteiger partial charge is 0.304 e. The Morgan fingerprint density at radius 2 is 1.97 bits per heavy atom. The topological polar surface area (TPSA) is 101 Å². The van der Waals surface area contributed by atoms with Gasteiger partial charge in [0.05, 0.1) is 12.3 Å². The Labute approximate surface area is 198 Å². The summed E-state index contributed by atoms with van der Waals surface area (Å²) in [6, 6.07) is 15.2. The van der Waals surface area contributed by atoms with Gasteiger partial charge in [-0.05, 0) is 37.1 Å². The van der Waals surface area contributed by atoms with Gasteiger partial charge >= 0.3 is 5.97 Å². The van der Waals surface area contributed by atoms with E-state index in [9.17, 15) is 14.4 Å². The van der Waals surface area contributed by atoms with Gasteiger partial charge in [0, 0.05) is 32.0 Å². The second kappa shape index (κ2) is 10.4. The van der Waals surface area contributed by atoms with Crippen LogP contribution in [0.3, 0.4) is 0 Å². The minimum atomic E-state index is -0.663. The van der Waals surface area contributed by atoms with Crippen LogP contribution in [0, 0.1) is 0 Å². The number of benzene rings is 2. The van der Waals surface area contributed by atoms with E-state index in [4.69, 9.17) is 9.47 Å². The van der Waals surface area contributed by atoms with E-state index in [0.29, 0.717) is 44.4 Å². The number of carbonyl (C=O) groups excluding carboxylic acids is 3. The van der Waals surface area contributed by atoms with E-state index in [-0.39, 0.29) is 18.2 Å². The molecule has 34 heavy (non-hydrogen) atoms. The molecule has 0 radical (unpaired) electrons. The molecule has 1 saturated heterocycles. The van der Waals surface area contributed by atoms with Crippen molar-refractivity contribution in [1.29, 1.82) is 0 Å². The van der Waals surface area contributed by atoms with Crippen LogP contribution in [0.25, 0.3) is 0 Å². The summed E-state index contributed by atoms with van der Waals surface area (Å²) < 4.78 is 11.1. The molecule has 2 aromatic rings. The van der Waals surface area contributed by atoms with Crippen LogP contribution in [-0.2, 0) is 32.2 Å². The summed E-state index contributed by atoms with van der Waals surface area (Å²) in [6.45, 7) is 4.64. The van der Waals surface area contributed by atoms with E-state index in [2.05, 4.69) is 10.3 Å². The maximum absolute atomic E-state index is 12.9. The Morgan fingerprint density at radius 1 is 1.18 bits per heavy atom. The Balaban J connectivity index is 1.30. The van der Waals surface area contributed by atoms with Crippen molar-refractivity contribution in [2.45, 2.75) is 46.0 Å². The van der Waals surface area contributed by atoms with Gasteiger partial charge in [-0.3, -0.25) is 19.7 Å². The summed E-state index contributed by atoms with van der Waals surface area (Å²) in [5, 5.41) is 2.75. The van der Waals surface area contributed by atoms with Crippen molar-refractivity contribution in [3.05, 3.63) is 59.7 Å². The van der Waals surface area contributed by atoms with E-state index in [1.54, 1.807) is 11.8 Å². The third-order valence-corrected chi connectivity index (χ3v) is 5.62. The highest BCUT2D eigenvalue weighted by atomic mass is 16.6. The lowest BCUT2D eigenvalue weighted by Gasteiger charge is -2.29. The molecule has 4 rings (SSSR count). The van der Waals surface area contributed by atoms with E-state index in [1.165, 1.54) is 6.92 Å². The van der Waals surface area contributed by atoms with Gasteiger partial charge in [-0.15, -0.1) is 0 Å². The molecule has 1 atom stereocenters. The number of ether oxygens (including phenoxy) is 2. The van der Waals surface area contributed by atoms with Gasteiger partial charge in [0.25, 0.3) is 0 Å². The maximum Gasteiger partial charge on any atom is 0.304 e. The maximum atomic E-state index is 12.9. The van der Waals surface area contributed by atoms with E-state index in [1.807, 2.05) is 53.4 Å². The molecule has 0 aromatic heterocycles. The van der Waals surface area contributed by atoms with Gasteiger partial charge in [-0.2, -0.15) is 0 Å². The number of guanidine groups is 1. The fourth-order valence-electron chi connectivity index (χ4n) is 3.99. The molecule has 178 valence electrons. The van der Waals surface area contributed by atoms with Crippen LogP contribution in [0.2, 0.25) is 0 Å². The fourth-order valence-corrected chi connectivity index (χ4v) is 3.99. The van der Waals surface area contributed by atoms with Crippen LogP contribution in [0.4, 0.5) is 5.69 Å². The molecule has 2 aliphatic heterocycles. The molecule has 0 bridgehead atoms. The molecule has 9 nitrogen and oxygen atoms in total. The molecule has 0 aliphatic carbocycles. The molecular formula is C25H28N4O5. The number of aliphatic imine (C=N–C) groups is 1. The number of hydrogen-bond donors (Lipinski definition) is 1. The lowest BCUT2D eigenvalue weighted by atomic mass is 10.1. The quantitative estimate of drug-likeness (QED) is 0.348. The molecule has 1 fully saturated rings. The van der Waals surface area contributed by atoms with Crippen molar-refractivity contribution in [2.24, 2.45) is 4.99 Å². The van der Waals surface area contributed by atoms with Gasteiger partial charge < -0.3 is 19.3 Å². The minimum absolute atomic E-state index is 0.0583. The minimum Gasteiger partial charge on any atom is -0.494 e. The van der Waals surface area contributed by atoms with Crippen LogP contribution in [0.15, 0.2) is 53.5 Å². The first-order valence-corrected chi connectivity index (χ1v) is 11.3. The highest BCUT2D eigenvalue weighted by Crippen LogP contribution is 2.30. The van der Waals surface area contributed by atoms with Crippen molar-refractivity contribution in [3.63, 3.8) is 0 Å². The lowest BCUT2D eigenvalue weighted by Crippen LogP contribution is -2.40. The summed E-state index contributed by atoms with van der Waals surface area (Å²) in [7, 11) is 0. The van der Waals surface area contributed by atoms with E-state index >= 15 is 0 Å². The van der Waals surface area contributed by atoms with Crippen LogP contribution < -0.4 is 10.1 Å². The average Bonchev–Trinajstić information content (AvgIpc) is 3.17. The predicted octanol–water partition coefficient (Wildman–Crippen LogP) is 2.72. The number of rotatable bonds is 9. The monoisotopic (exact) mass is 464 g/mol. The van der Waals surface area contributed by atoms with Crippen LogP contribution in [0.1, 0.15) is 37.8 Å². The predicted molar refractivity (Wildman–Crippen MR) is 125 cm³/mol. The Morgan fingerprint density at radius 3 is 2.74 bits per heavy atom. The number of esters is 1. The third kappa shape index (κ3) is 5.72. The normalized spacial score (nSPS) is 14.9. The zero-order valence-corrected chi connectivity index (χ0v) is 19.3. The number of carbonyl (C=O) groups is 3. The van der Waals surface area contributed by atoms with Gasteiger partial charge in [0.15, 0.2) is 6.23 Å². The summed E-state index contributed by atoms with van der Waals surface area (Å²) in [6.07, 6.45) is 0.114. The van der Waals surface area contributed by atoms with Crippen LogP contribution >= 0.6 is 0 Å². The average molecular weight is 465 g/mol. The molecular weight excluding hydrogens is 436 g/mol. The van der Waals surface area contributed by atoms with Crippen LogP contribution in [0.5, 0.6) is 5.75 Å². The van der Waals surface area contributed by atoms with Gasteiger partial charge in [0.1, 0.15) is 12.3 Å². The second-order valence-corrected chi connectivity index (χ2v) is 8.30. The van der Waals surface area contributed by atoms with E-state index in [0.717, 1.165) is 16.8 Å². The summed E-state index contributed by atoms with van der Waals surface area (Å²) in [5.74, 6) is 0.682. The zero-order chi connectivity index (χ0) is 24.1. The summed E-state index contributed by atoms with van der Waals surface area (Å²) in [5.41, 5.74) is 2.76. The molecule has 2 heterocycles. The summed E-state index contributed by atoms with van der Waals surface area (Å²) >= 11 is 0. The SMILES string of the molecule is CC(=O)OC(C)N(Cc1ccccc1)C(=O)CCCOc1ccc2c(c1)CN1CC(=O)NC1=N2. The Bertz CT molecular complexity index is 1100. The highest BCUT2D eigenvalue weighted by molar-refractivity contribution is 6.05. The molecule has 1 N–H and O–H groups in total. The Hall–Kier alpha value is -3.88. The highest BCUT2D eigenvalue weighted by Gasteiger charge is 2.29. The lowest BCUT2D eigenvalue weighted by molar-refractivity contribution is -0.162. The van der Waals surface area contributed by atoms with Crippen molar-refractivity contribution in [1.82, 2.24) is 15.1 Å². The van der Waals surface area contributed by atoms with Crippen molar-refractivity contribution < 1.29 is 23.9 Å². The number of fused-ring (bicyclic) bond motifs is 2. The molecule has 0 spiro atoms. The zero-order valence-electron chi connectivity index (χ0n) is 19.3. The van der Waals surface area contributed by atoms with Gasteiger partial charge in [-0.25, -0.2) is 4.99 Å². The van der Waals surface area contributed by atoms with Gasteiger partial charge in [-0.1, -0.05) is 30.3 Å². The van der Waals surface area contributed by atoms with Crippen LogP contribution in [-0.4, -0.2) is 52.9 Å². The largest absolute Gasteiger partial charge is 0.494 e. The number of nitrogens with zero attached hydrogens (tertiary/aromatic N) is 3. The number of nitrogens with one attached hydrogen (secondary N) is 1. The van der Waals surface area contributed by atoms with Gasteiger partial charge in [0.2, 0.25) is 17.8 Å². The third-order valence-electron chi connectivity index (χ3n) is 5.62. The van der Waals surface area contributed by atoms with E-state index < -0.39 is 12.2 Å². The number of hydrogen-bond acceptors (Lipinski definition) is 7. The first-order valence-electron chi connectivity index (χ1n) is 11.3. The molecule has 2 aliphatic rings. The first-order chi connectivity index (χ1) is 16.4. The fraction of sp³-hybridized carbons (Fsp3) is 0.360. The molecule has 0 saturated carbocycles. The van der Waals surface area contributed by atoms with Crippen molar-refractivity contribution in [3.8, 4) is 5.75 Å². The summed E-state index contributed by atoms with van der Waals surface area (Å²) in [4.78, 5) is 43.9. The standard InChI is InChI=1S/C25H28N4O5/c1-17(34-18(2)30)29(14-19-7-4-3-5-8-19)24(32)9-6-12-33-21-10-11-22-20(13-21)15-28-16-23(31)27-25(28)26-22/h3-5,7-8,10-11,13,17H,6,9,12,14-16H2,1-2H3,(H,26,27,31). The first kappa shape index (κ1) is 23.3. The number of amides is 2.